The van der Waals surface area contributed by atoms with E-state index >= 15 is 0 Å². The smallest absolute Gasteiger partial charge is 0.326 e. The monoisotopic (exact) mass is 291 g/mol. The van der Waals surface area contributed by atoms with Gasteiger partial charge >= 0.3 is 5.97 Å². The number of esters is 1. The highest BCUT2D eigenvalue weighted by Crippen LogP contribution is 2.33. The molecule has 1 saturated carbocycles. The third kappa shape index (κ3) is 3.21. The Labute approximate surface area is 126 Å². The average Bonchev–Trinajstić information content (AvgIpc) is 2.51. The van der Waals surface area contributed by atoms with E-state index in [0.717, 1.165) is 30.6 Å². The summed E-state index contributed by atoms with van der Waals surface area (Å²) in [7, 11) is 3.26. The molecule has 0 saturated heterocycles. The van der Waals surface area contributed by atoms with Gasteiger partial charge < -0.3 is 14.8 Å². The second kappa shape index (κ2) is 6.48. The van der Waals surface area contributed by atoms with E-state index in [9.17, 15) is 4.79 Å². The average molecular weight is 291 g/mol. The Morgan fingerprint density at radius 2 is 2.14 bits per heavy atom. The quantitative estimate of drug-likeness (QED) is 0.867. The Bertz CT molecular complexity index is 515. The molecule has 1 aliphatic rings. The maximum atomic E-state index is 12.1. The number of aryl methyl sites for hydroxylation is 1. The summed E-state index contributed by atoms with van der Waals surface area (Å²) in [4.78, 5) is 12.1. The van der Waals surface area contributed by atoms with Gasteiger partial charge in [0.1, 0.15) is 17.4 Å². The van der Waals surface area contributed by atoms with Gasteiger partial charge in [0, 0.05) is 6.42 Å². The molecule has 4 nitrogen and oxygen atoms in total. The lowest BCUT2D eigenvalue weighted by atomic mass is 9.80. The largest absolute Gasteiger partial charge is 0.490 e. The highest BCUT2D eigenvalue weighted by atomic mass is 16.5. The first kappa shape index (κ1) is 15.8. The maximum absolute atomic E-state index is 12.1. The molecule has 0 radical (unpaired) electrons. The first-order chi connectivity index (χ1) is 10.0. The molecule has 21 heavy (non-hydrogen) atoms. The van der Waals surface area contributed by atoms with Gasteiger partial charge in [0.05, 0.1) is 7.11 Å². The minimum Gasteiger partial charge on any atom is -0.490 e. The van der Waals surface area contributed by atoms with Gasteiger partial charge in [0.25, 0.3) is 0 Å². The van der Waals surface area contributed by atoms with E-state index in [1.165, 1.54) is 12.7 Å². The van der Waals surface area contributed by atoms with Crippen LogP contribution in [0.4, 0.5) is 0 Å². The maximum Gasteiger partial charge on any atom is 0.326 e. The predicted molar refractivity (Wildman–Crippen MR) is 82.6 cm³/mol. The summed E-state index contributed by atoms with van der Waals surface area (Å²) >= 11 is 0. The third-order valence-corrected chi connectivity index (χ3v) is 4.61. The summed E-state index contributed by atoms with van der Waals surface area (Å²) in [5, 5.41) is 3.16. The van der Waals surface area contributed by atoms with E-state index in [1.807, 2.05) is 19.2 Å². The van der Waals surface area contributed by atoms with Gasteiger partial charge in [-0.25, -0.2) is 0 Å². The number of carbonyl (C=O) groups is 1. The van der Waals surface area contributed by atoms with Crippen LogP contribution in [0.2, 0.25) is 0 Å². The first-order valence-corrected chi connectivity index (χ1v) is 7.52. The van der Waals surface area contributed by atoms with Crippen LogP contribution in [0.25, 0.3) is 0 Å². The lowest BCUT2D eigenvalue weighted by molar-refractivity contribution is -0.151. The van der Waals surface area contributed by atoms with Gasteiger partial charge in [-0.15, -0.1) is 0 Å². The number of carbonyl (C=O) groups excluding carboxylic acids is 1. The van der Waals surface area contributed by atoms with E-state index < -0.39 is 5.54 Å². The normalized spacial score (nSPS) is 25.4. The summed E-state index contributed by atoms with van der Waals surface area (Å²) in [6.07, 6.45) is 3.39. The fraction of sp³-hybridized carbons (Fsp3) is 0.588. The summed E-state index contributed by atoms with van der Waals surface area (Å²) in [5.74, 6) is 0.719. The van der Waals surface area contributed by atoms with Crippen LogP contribution in [0, 0.1) is 13.8 Å². The van der Waals surface area contributed by atoms with Crippen molar-refractivity contribution in [3.05, 3.63) is 29.3 Å². The van der Waals surface area contributed by atoms with Gasteiger partial charge in [-0.3, -0.25) is 4.79 Å². The summed E-state index contributed by atoms with van der Waals surface area (Å²) < 4.78 is 11.1. The summed E-state index contributed by atoms with van der Waals surface area (Å²) in [6.45, 7) is 4.15. The molecule has 1 aliphatic carbocycles. The van der Waals surface area contributed by atoms with Gasteiger partial charge in [-0.1, -0.05) is 12.1 Å². The van der Waals surface area contributed by atoms with E-state index in [-0.39, 0.29) is 12.1 Å². The van der Waals surface area contributed by atoms with Crippen molar-refractivity contribution in [2.24, 2.45) is 0 Å². The van der Waals surface area contributed by atoms with E-state index in [2.05, 4.69) is 25.2 Å². The molecule has 2 rings (SSSR count). The molecule has 0 bridgehead atoms. The van der Waals surface area contributed by atoms with Crippen LogP contribution in [0.5, 0.6) is 5.75 Å². The molecule has 0 aliphatic heterocycles. The molecule has 2 unspecified atom stereocenters. The van der Waals surface area contributed by atoms with Crippen molar-refractivity contribution in [1.29, 1.82) is 0 Å². The zero-order valence-corrected chi connectivity index (χ0v) is 13.4. The van der Waals surface area contributed by atoms with Crippen molar-refractivity contribution in [3.63, 3.8) is 0 Å². The van der Waals surface area contributed by atoms with Crippen molar-refractivity contribution in [2.45, 2.75) is 51.2 Å². The Hall–Kier alpha value is -1.55. The molecular weight excluding hydrogens is 266 g/mol. The number of hydrogen-bond acceptors (Lipinski definition) is 4. The molecule has 1 aromatic rings. The molecule has 0 heterocycles. The highest BCUT2D eigenvalue weighted by molar-refractivity contribution is 5.81. The van der Waals surface area contributed by atoms with E-state index in [1.54, 1.807) is 0 Å². The van der Waals surface area contributed by atoms with Crippen LogP contribution >= 0.6 is 0 Å². The van der Waals surface area contributed by atoms with Gasteiger partial charge in [0.2, 0.25) is 0 Å². The molecule has 0 spiro atoms. The van der Waals surface area contributed by atoms with Crippen LogP contribution in [0.15, 0.2) is 18.2 Å². The van der Waals surface area contributed by atoms with Crippen LogP contribution < -0.4 is 10.1 Å². The number of hydrogen-bond donors (Lipinski definition) is 1. The van der Waals surface area contributed by atoms with Gasteiger partial charge in [-0.2, -0.15) is 0 Å². The molecule has 1 fully saturated rings. The number of benzene rings is 1. The standard InChI is InChI=1S/C17H25NO3/c1-12-7-5-9-15(13(12)2)21-14-8-6-10-17(11-14,18-3)16(19)20-4/h5,7,9,14,18H,6,8,10-11H2,1-4H3. The molecule has 116 valence electrons. The Balaban J connectivity index is 2.14. The first-order valence-electron chi connectivity index (χ1n) is 7.52. The third-order valence-electron chi connectivity index (χ3n) is 4.61. The fourth-order valence-corrected chi connectivity index (χ4v) is 3.07. The molecule has 1 N–H and O–H groups in total. The Kier molecular flexibility index (Phi) is 4.88. The Morgan fingerprint density at radius 3 is 2.81 bits per heavy atom. The molecule has 0 aromatic heterocycles. The van der Waals surface area contributed by atoms with Crippen LogP contribution in [0.1, 0.15) is 36.8 Å². The minimum absolute atomic E-state index is 0.0331. The molecular formula is C17H25NO3. The van der Waals surface area contributed by atoms with Crippen molar-refractivity contribution in [1.82, 2.24) is 5.32 Å². The highest BCUT2D eigenvalue weighted by Gasteiger charge is 2.43. The lowest BCUT2D eigenvalue weighted by Crippen LogP contribution is -2.55. The van der Waals surface area contributed by atoms with Crippen LogP contribution in [-0.4, -0.2) is 31.8 Å². The second-order valence-corrected chi connectivity index (χ2v) is 5.86. The van der Waals surface area contributed by atoms with Gasteiger partial charge in [0.15, 0.2) is 0 Å². The number of rotatable bonds is 4. The Morgan fingerprint density at radius 1 is 1.38 bits per heavy atom. The van der Waals surface area contributed by atoms with Crippen LogP contribution in [-0.2, 0) is 9.53 Å². The van der Waals surface area contributed by atoms with Crippen LogP contribution in [0.3, 0.4) is 0 Å². The zero-order valence-electron chi connectivity index (χ0n) is 13.4. The number of likely N-dealkylation sites (N-methyl/N-ethyl adjacent to an activating group) is 1. The van der Waals surface area contributed by atoms with Gasteiger partial charge in [-0.05, 0) is 57.4 Å². The molecule has 4 heteroatoms. The topological polar surface area (TPSA) is 47.6 Å². The predicted octanol–water partition coefficient (Wildman–Crippen LogP) is 2.76. The molecule has 1 aromatic carbocycles. The van der Waals surface area contributed by atoms with E-state index in [4.69, 9.17) is 9.47 Å². The van der Waals surface area contributed by atoms with Crippen molar-refractivity contribution in [3.8, 4) is 5.75 Å². The molecule has 0 amide bonds. The molecule has 2 atom stereocenters. The number of methoxy groups -OCH3 is 1. The van der Waals surface area contributed by atoms with Crippen molar-refractivity contribution < 1.29 is 14.3 Å². The lowest BCUT2D eigenvalue weighted by Gasteiger charge is -2.38. The number of nitrogens with one attached hydrogen (secondary N) is 1. The zero-order chi connectivity index (χ0) is 15.5. The van der Waals surface area contributed by atoms with E-state index in [0.29, 0.717) is 6.42 Å². The van der Waals surface area contributed by atoms with Crippen molar-refractivity contribution >= 4 is 5.97 Å². The minimum atomic E-state index is -0.616. The summed E-state index contributed by atoms with van der Waals surface area (Å²) in [6, 6.07) is 6.08. The fourth-order valence-electron chi connectivity index (χ4n) is 3.07. The SMILES string of the molecule is CNC1(C(=O)OC)CCCC(Oc2cccc(C)c2C)C1. The van der Waals surface area contributed by atoms with Crippen molar-refractivity contribution in [2.75, 3.05) is 14.2 Å². The summed E-state index contributed by atoms with van der Waals surface area (Å²) in [5.41, 5.74) is 1.77. The second-order valence-electron chi connectivity index (χ2n) is 5.86. The number of ether oxygens (including phenoxy) is 2.